The Kier molecular flexibility index (Phi) is 12.8. The van der Waals surface area contributed by atoms with Gasteiger partial charge in [0.25, 0.3) is 0 Å². The first-order valence-corrected chi connectivity index (χ1v) is 16.3. The van der Waals surface area contributed by atoms with Crippen LogP contribution in [-0.4, -0.2) is 65.6 Å². The van der Waals surface area contributed by atoms with Crippen molar-refractivity contribution in [2.24, 2.45) is 11.8 Å². The van der Waals surface area contributed by atoms with Crippen molar-refractivity contribution in [1.82, 2.24) is 9.44 Å². The molecule has 2 N–H and O–H groups in total. The van der Waals surface area contributed by atoms with E-state index in [1.807, 2.05) is 0 Å². The summed E-state index contributed by atoms with van der Waals surface area (Å²) in [5, 5.41) is 0. The quantitative estimate of drug-likeness (QED) is 0.248. The Hall–Kier alpha value is -1.50. The van der Waals surface area contributed by atoms with Crippen molar-refractivity contribution in [2.75, 3.05) is 24.7 Å². The SMILES string of the molecule is C[C@H](COC(=O)/C=C/C(=O)OC[C@@H](C)NS(=O)(=O)CC1CCCCC1)NS(=O)(=O)CC1CCCCC1. The molecule has 0 aromatic rings. The average Bonchev–Trinajstić information content (AvgIpc) is 2.80. The maximum Gasteiger partial charge on any atom is 0.331 e. The molecule has 2 aliphatic rings. The molecule has 0 unspecified atom stereocenters. The lowest BCUT2D eigenvalue weighted by Crippen LogP contribution is -2.39. The molecule has 10 nitrogen and oxygen atoms in total. The molecule has 0 amide bonds. The van der Waals surface area contributed by atoms with Crippen LogP contribution >= 0.6 is 0 Å². The number of rotatable bonds is 14. The van der Waals surface area contributed by atoms with Crippen molar-refractivity contribution in [1.29, 1.82) is 0 Å². The van der Waals surface area contributed by atoms with Gasteiger partial charge in [-0.3, -0.25) is 0 Å². The molecule has 0 heterocycles. The van der Waals surface area contributed by atoms with E-state index in [-0.39, 0.29) is 36.6 Å². The summed E-state index contributed by atoms with van der Waals surface area (Å²) in [6.45, 7) is 2.84. The molecule has 2 saturated carbocycles. The molecule has 0 aromatic carbocycles. The number of nitrogens with one attached hydrogen (secondary N) is 2. The molecule has 2 aliphatic carbocycles. The zero-order chi connectivity index (χ0) is 26.6. The number of esters is 2. The predicted molar refractivity (Wildman–Crippen MR) is 137 cm³/mol. The van der Waals surface area contributed by atoms with Crippen LogP contribution in [0.25, 0.3) is 0 Å². The number of ether oxygens (including phenoxy) is 2. The van der Waals surface area contributed by atoms with E-state index < -0.39 is 44.1 Å². The molecule has 36 heavy (non-hydrogen) atoms. The molecule has 0 aliphatic heterocycles. The zero-order valence-corrected chi connectivity index (χ0v) is 23.1. The molecule has 2 fully saturated rings. The summed E-state index contributed by atoms with van der Waals surface area (Å²) in [5.74, 6) is -1.15. The van der Waals surface area contributed by atoms with Gasteiger partial charge in [0, 0.05) is 12.2 Å². The van der Waals surface area contributed by atoms with Crippen LogP contribution in [0.3, 0.4) is 0 Å². The predicted octanol–water partition coefficient (Wildman–Crippen LogP) is 2.41. The fourth-order valence-corrected chi connectivity index (χ4v) is 8.21. The second kappa shape index (κ2) is 15.0. The van der Waals surface area contributed by atoms with Crippen LogP contribution in [0.4, 0.5) is 0 Å². The molecule has 2 rings (SSSR count). The van der Waals surface area contributed by atoms with E-state index in [2.05, 4.69) is 9.44 Å². The van der Waals surface area contributed by atoms with Gasteiger partial charge >= 0.3 is 11.9 Å². The highest BCUT2D eigenvalue weighted by atomic mass is 32.2. The number of carbonyl (C=O) groups is 2. The van der Waals surface area contributed by atoms with Gasteiger partial charge in [-0.2, -0.15) is 0 Å². The van der Waals surface area contributed by atoms with Gasteiger partial charge in [0.1, 0.15) is 13.2 Å². The minimum Gasteiger partial charge on any atom is -0.461 e. The van der Waals surface area contributed by atoms with Crippen molar-refractivity contribution in [3.05, 3.63) is 12.2 Å². The lowest BCUT2D eigenvalue weighted by atomic mass is 9.91. The standard InChI is InChI=1S/C24H42N2O8S2/c1-19(25-35(29,30)17-21-9-5-3-6-10-21)15-33-23(27)13-14-24(28)34-16-20(2)26-36(31,32)18-22-11-7-4-8-12-22/h13-14,19-22,25-26H,3-12,15-18H2,1-2H3/b14-13+/t19-,20-/m1/s1. The largest absolute Gasteiger partial charge is 0.461 e. The van der Waals surface area contributed by atoms with Gasteiger partial charge < -0.3 is 9.47 Å². The Morgan fingerprint density at radius 2 is 1.03 bits per heavy atom. The van der Waals surface area contributed by atoms with Crippen molar-refractivity contribution in [3.63, 3.8) is 0 Å². The van der Waals surface area contributed by atoms with Crippen molar-refractivity contribution < 1.29 is 35.9 Å². The number of carbonyl (C=O) groups excluding carboxylic acids is 2. The first-order chi connectivity index (χ1) is 16.9. The molecule has 0 saturated heterocycles. The number of hydrogen-bond acceptors (Lipinski definition) is 8. The Morgan fingerprint density at radius 1 is 0.694 bits per heavy atom. The van der Waals surface area contributed by atoms with E-state index in [9.17, 15) is 26.4 Å². The Labute approximate surface area is 216 Å². The van der Waals surface area contributed by atoms with Gasteiger partial charge in [-0.1, -0.05) is 38.5 Å². The van der Waals surface area contributed by atoms with E-state index in [1.54, 1.807) is 13.8 Å². The maximum atomic E-state index is 12.3. The molecule has 12 heteroatoms. The Morgan fingerprint density at radius 3 is 1.36 bits per heavy atom. The van der Waals surface area contributed by atoms with Crippen LogP contribution in [0.5, 0.6) is 0 Å². The summed E-state index contributed by atoms with van der Waals surface area (Å²) in [4.78, 5) is 23.7. The van der Waals surface area contributed by atoms with Gasteiger partial charge in [-0.25, -0.2) is 35.9 Å². The molecular weight excluding hydrogens is 508 g/mol. The third kappa shape index (κ3) is 13.2. The third-order valence-corrected chi connectivity index (χ3v) is 9.77. The van der Waals surface area contributed by atoms with E-state index in [0.717, 1.165) is 76.4 Å². The minimum absolute atomic E-state index is 0.0756. The first-order valence-electron chi connectivity index (χ1n) is 13.0. The average molecular weight is 551 g/mol. The van der Waals surface area contributed by atoms with Crippen LogP contribution in [0.1, 0.15) is 78.1 Å². The molecular formula is C24H42N2O8S2. The second-order valence-electron chi connectivity index (χ2n) is 10.2. The first kappa shape index (κ1) is 30.7. The fourth-order valence-electron chi connectivity index (χ4n) is 4.75. The minimum atomic E-state index is -3.47. The fraction of sp³-hybridized carbons (Fsp3) is 0.833. The van der Waals surface area contributed by atoms with Gasteiger partial charge in [0.2, 0.25) is 20.0 Å². The summed E-state index contributed by atoms with van der Waals surface area (Å²) in [5.41, 5.74) is 0. The summed E-state index contributed by atoms with van der Waals surface area (Å²) >= 11 is 0. The van der Waals surface area contributed by atoms with Crippen molar-refractivity contribution in [3.8, 4) is 0 Å². The van der Waals surface area contributed by atoms with Crippen LogP contribution in [0.15, 0.2) is 12.2 Å². The molecule has 0 radical (unpaired) electrons. The summed E-state index contributed by atoms with van der Waals surface area (Å²) in [7, 11) is -6.95. The maximum absolute atomic E-state index is 12.3. The highest BCUT2D eigenvalue weighted by Crippen LogP contribution is 2.25. The van der Waals surface area contributed by atoms with Crippen LogP contribution < -0.4 is 9.44 Å². The third-order valence-electron chi connectivity index (χ3n) is 6.43. The van der Waals surface area contributed by atoms with Crippen LogP contribution in [-0.2, 0) is 39.1 Å². The topological polar surface area (TPSA) is 145 Å². The molecule has 0 aromatic heterocycles. The monoisotopic (exact) mass is 550 g/mol. The van der Waals surface area contributed by atoms with Crippen LogP contribution in [0.2, 0.25) is 0 Å². The van der Waals surface area contributed by atoms with Crippen molar-refractivity contribution >= 4 is 32.0 Å². The van der Waals surface area contributed by atoms with E-state index in [0.29, 0.717) is 0 Å². The molecule has 2 atom stereocenters. The highest BCUT2D eigenvalue weighted by molar-refractivity contribution is 7.89. The summed E-state index contributed by atoms with van der Waals surface area (Å²) in [6.07, 6.45) is 11.9. The normalized spacial score (nSPS) is 20.2. The van der Waals surface area contributed by atoms with Gasteiger partial charge in [-0.15, -0.1) is 0 Å². The Balaban J connectivity index is 1.63. The Bertz CT molecular complexity index is 861. The van der Waals surface area contributed by atoms with Gasteiger partial charge in [0.15, 0.2) is 0 Å². The lowest BCUT2D eigenvalue weighted by molar-refractivity contribution is -0.141. The number of hydrogen-bond donors (Lipinski definition) is 2. The summed E-state index contributed by atoms with van der Waals surface area (Å²) in [6, 6.07) is -1.21. The van der Waals surface area contributed by atoms with Crippen LogP contribution in [0, 0.1) is 11.8 Å². The number of sulfonamides is 2. The smallest absolute Gasteiger partial charge is 0.331 e. The second-order valence-corrected chi connectivity index (χ2v) is 13.8. The van der Waals surface area contributed by atoms with Crippen molar-refractivity contribution in [2.45, 2.75) is 90.1 Å². The summed E-state index contributed by atoms with van der Waals surface area (Å²) < 4.78 is 64.3. The van der Waals surface area contributed by atoms with Gasteiger partial charge in [0.05, 0.1) is 23.6 Å². The van der Waals surface area contributed by atoms with E-state index >= 15 is 0 Å². The highest BCUT2D eigenvalue weighted by Gasteiger charge is 2.24. The molecule has 0 bridgehead atoms. The zero-order valence-electron chi connectivity index (χ0n) is 21.4. The van der Waals surface area contributed by atoms with E-state index in [1.165, 1.54) is 0 Å². The molecule has 0 spiro atoms. The van der Waals surface area contributed by atoms with E-state index in [4.69, 9.17) is 9.47 Å². The molecule has 208 valence electrons. The lowest BCUT2D eigenvalue weighted by Gasteiger charge is -2.22. The van der Waals surface area contributed by atoms with Gasteiger partial charge in [-0.05, 0) is 51.4 Å².